The van der Waals surface area contributed by atoms with Gasteiger partial charge in [0.1, 0.15) is 35.5 Å². The summed E-state index contributed by atoms with van der Waals surface area (Å²) in [5, 5.41) is 36.7. The molecule has 0 aromatic rings. The van der Waals surface area contributed by atoms with Crippen LogP contribution in [-0.2, 0) is 38.0 Å². The number of methoxy groups -OCH3 is 1. The Morgan fingerprint density at radius 2 is 1.80 bits per heavy atom. The molecule has 5 heterocycles. The Kier molecular flexibility index (Phi) is 12.5. The second kappa shape index (κ2) is 16.8. The predicted octanol–water partition coefficient (Wildman–Crippen LogP) is 6.07. The van der Waals surface area contributed by atoms with Crippen molar-refractivity contribution in [2.45, 2.75) is 172 Å². The summed E-state index contributed by atoms with van der Waals surface area (Å²) in [6.45, 7) is 10.0. The van der Waals surface area contributed by atoms with Crippen molar-refractivity contribution in [1.29, 1.82) is 0 Å². The highest BCUT2D eigenvalue weighted by Crippen LogP contribution is 2.48. The molecule has 4 saturated heterocycles. The molecule has 3 N–H and O–H groups in total. The van der Waals surface area contributed by atoms with Crippen molar-refractivity contribution in [1.82, 2.24) is 0 Å². The highest BCUT2D eigenvalue weighted by molar-refractivity contribution is 6.06. The maximum atomic E-state index is 14.4. The van der Waals surface area contributed by atoms with Crippen LogP contribution in [0.1, 0.15) is 105 Å². The number of esters is 1. The number of aliphatic hydroxyl groups is 2. The normalized spacial score (nSPS) is 46.9. The van der Waals surface area contributed by atoms with Crippen LogP contribution >= 0.6 is 0 Å². The molecule has 0 radical (unpaired) electrons. The third kappa shape index (κ3) is 8.17. The lowest BCUT2D eigenvalue weighted by Crippen LogP contribution is -2.57. The van der Waals surface area contributed by atoms with Gasteiger partial charge in [-0.15, -0.1) is 0 Å². The molecule has 5 fully saturated rings. The highest BCUT2D eigenvalue weighted by atomic mass is 16.7. The van der Waals surface area contributed by atoms with E-state index in [4.69, 9.17) is 33.2 Å². The number of ether oxygens (including phenoxy) is 7. The molecule has 12 heteroatoms. The first-order valence-corrected chi connectivity index (χ1v) is 20.7. The van der Waals surface area contributed by atoms with Gasteiger partial charge in [-0.05, 0) is 75.0 Å². The van der Waals surface area contributed by atoms with Gasteiger partial charge in [0, 0.05) is 38.7 Å². The second-order valence-corrected chi connectivity index (χ2v) is 17.4. The van der Waals surface area contributed by atoms with E-state index >= 15 is 0 Å². The molecule has 0 amide bonds. The highest BCUT2D eigenvalue weighted by Gasteiger charge is 2.60. The Hall–Kier alpha value is -2.42. The van der Waals surface area contributed by atoms with E-state index in [2.05, 4.69) is 32.0 Å². The molecule has 5 aliphatic heterocycles. The zero-order chi connectivity index (χ0) is 39.1. The SMILES string of the molecule is CO[C@H]1C[C@H](O[C@@H]2/C(C)=C\C[C@@H]3C[C@@H](C[C@]4(CC[C@H](C)[C@@H](C5CCCCC5)O4)O3)OC(=O)[C@@H]3C=C(C)/C(=N\O)[C@H]4OCC(=C/C=C\[C@@H]2C)[C@]43O)O[C@@H](C)[C@@H]1O. The molecular formula is C43H63NO11. The quantitative estimate of drug-likeness (QED) is 0.132. The maximum absolute atomic E-state index is 14.4. The summed E-state index contributed by atoms with van der Waals surface area (Å²) < 4.78 is 45.1. The molecule has 1 spiro atoms. The van der Waals surface area contributed by atoms with Crippen molar-refractivity contribution < 1.29 is 53.4 Å². The zero-order valence-electron chi connectivity index (χ0n) is 33.4. The van der Waals surface area contributed by atoms with Crippen LogP contribution in [0, 0.1) is 23.7 Å². The molecule has 14 atom stereocenters. The van der Waals surface area contributed by atoms with Gasteiger partial charge in [0.15, 0.2) is 12.1 Å². The van der Waals surface area contributed by atoms with Gasteiger partial charge in [0.2, 0.25) is 0 Å². The van der Waals surface area contributed by atoms with Gasteiger partial charge in [0.25, 0.3) is 0 Å². The Bertz CT molecular complexity index is 1550. The smallest absolute Gasteiger partial charge is 0.316 e. The maximum Gasteiger partial charge on any atom is 0.316 e. The first-order valence-electron chi connectivity index (χ1n) is 20.7. The average molecular weight is 770 g/mol. The first kappa shape index (κ1) is 40.8. The summed E-state index contributed by atoms with van der Waals surface area (Å²) in [7, 11) is 1.59. The fourth-order valence-electron chi connectivity index (χ4n) is 10.4. The Morgan fingerprint density at radius 1 is 1.02 bits per heavy atom. The van der Waals surface area contributed by atoms with Gasteiger partial charge in [0.05, 0.1) is 37.1 Å². The fourth-order valence-corrected chi connectivity index (χ4v) is 10.4. The van der Waals surface area contributed by atoms with E-state index in [0.717, 1.165) is 24.8 Å². The van der Waals surface area contributed by atoms with E-state index in [0.29, 0.717) is 55.1 Å². The molecule has 0 aromatic heterocycles. The molecule has 0 aromatic carbocycles. The first-order chi connectivity index (χ1) is 26.4. The van der Waals surface area contributed by atoms with Gasteiger partial charge in [-0.1, -0.05) is 68.6 Å². The fraction of sp³-hybridized carbons (Fsp3) is 0.767. The van der Waals surface area contributed by atoms with E-state index in [-0.39, 0.29) is 30.4 Å². The van der Waals surface area contributed by atoms with Crippen LogP contribution in [0.3, 0.4) is 0 Å². The summed E-state index contributed by atoms with van der Waals surface area (Å²) in [6, 6.07) is 0. The molecule has 1 saturated carbocycles. The molecule has 0 unspecified atom stereocenters. The van der Waals surface area contributed by atoms with Crippen molar-refractivity contribution >= 4 is 11.7 Å². The van der Waals surface area contributed by atoms with E-state index in [1.54, 1.807) is 26.2 Å². The summed E-state index contributed by atoms with van der Waals surface area (Å²) >= 11 is 0. The molecular weight excluding hydrogens is 706 g/mol. The molecule has 7 aliphatic rings. The van der Waals surface area contributed by atoms with Crippen molar-refractivity contribution in [3.8, 4) is 0 Å². The molecule has 306 valence electrons. The molecule has 2 bridgehead atoms. The van der Waals surface area contributed by atoms with E-state index in [9.17, 15) is 20.2 Å². The van der Waals surface area contributed by atoms with Crippen LogP contribution in [0.25, 0.3) is 0 Å². The van der Waals surface area contributed by atoms with Crippen molar-refractivity contribution in [2.75, 3.05) is 13.7 Å². The third-order valence-corrected chi connectivity index (χ3v) is 13.6. The lowest BCUT2D eigenvalue weighted by molar-refractivity contribution is -0.342. The standard InChI is InChI=1S/C43H63NO11/c1-24-11-10-14-30-23-50-40-36(44-48)27(4)19-33(43(30,40)47)41(46)52-32-20-31(16-15-25(2)38(24)53-35-21-34(49-6)37(45)28(5)51-35)54-42(22-32)18-17-26(3)39(55-42)29-12-8-7-9-13-29/h10-11,14-15,19,24,26,28-29,31-35,37-40,45,47-48H,7-9,12-13,16-18,20-23H2,1-6H3/b11-10-,25-15-,30-14?,44-36+/t24-,26-,28-,31+,32-,33-,34-,35-,37-,38-,39-,40+,42+,43+/m0/s1. The minimum atomic E-state index is -1.83. The monoisotopic (exact) mass is 769 g/mol. The van der Waals surface area contributed by atoms with Gasteiger partial charge in [-0.3, -0.25) is 4.79 Å². The van der Waals surface area contributed by atoms with Gasteiger partial charge < -0.3 is 48.6 Å². The largest absolute Gasteiger partial charge is 0.462 e. The predicted molar refractivity (Wildman–Crippen MR) is 203 cm³/mol. The van der Waals surface area contributed by atoms with Gasteiger partial charge in [-0.25, -0.2) is 0 Å². The topological polar surface area (TPSA) is 155 Å². The molecule has 7 rings (SSSR count). The third-order valence-electron chi connectivity index (χ3n) is 13.6. The molecule has 12 nitrogen and oxygen atoms in total. The van der Waals surface area contributed by atoms with Crippen LogP contribution in [0.4, 0.5) is 0 Å². The van der Waals surface area contributed by atoms with Crippen molar-refractivity contribution in [2.24, 2.45) is 28.8 Å². The van der Waals surface area contributed by atoms with E-state index in [1.807, 2.05) is 19.1 Å². The number of oxime groups is 1. The number of carbonyl (C=O) groups is 1. The summed E-state index contributed by atoms with van der Waals surface area (Å²) in [5.74, 6) is -1.83. The van der Waals surface area contributed by atoms with E-state index in [1.165, 1.54) is 19.3 Å². The number of nitrogens with zero attached hydrogens (tertiary/aromatic N) is 1. The van der Waals surface area contributed by atoms with Gasteiger partial charge in [-0.2, -0.15) is 0 Å². The molecule has 55 heavy (non-hydrogen) atoms. The zero-order valence-corrected chi connectivity index (χ0v) is 33.4. The average Bonchev–Trinajstić information content (AvgIpc) is 3.50. The number of fused-ring (bicyclic) bond motifs is 2. The molecule has 2 aliphatic carbocycles. The van der Waals surface area contributed by atoms with E-state index < -0.39 is 66.2 Å². The van der Waals surface area contributed by atoms with Crippen LogP contribution in [0.15, 0.2) is 52.3 Å². The summed E-state index contributed by atoms with van der Waals surface area (Å²) in [5.41, 5.74) is 0.362. The number of hydrogen-bond acceptors (Lipinski definition) is 12. The minimum Gasteiger partial charge on any atom is -0.462 e. The summed E-state index contributed by atoms with van der Waals surface area (Å²) in [6.07, 6.45) is 14.4. The Morgan fingerprint density at radius 3 is 2.55 bits per heavy atom. The van der Waals surface area contributed by atoms with Crippen LogP contribution in [0.2, 0.25) is 0 Å². The number of carbonyl (C=O) groups excluding carboxylic acids is 1. The van der Waals surface area contributed by atoms with Crippen LogP contribution in [0.5, 0.6) is 0 Å². The van der Waals surface area contributed by atoms with Gasteiger partial charge >= 0.3 is 5.97 Å². The number of aliphatic hydroxyl groups excluding tert-OH is 1. The minimum absolute atomic E-state index is 0.0359. The number of hydrogen-bond donors (Lipinski definition) is 3. The lowest BCUT2D eigenvalue weighted by atomic mass is 9.71. The van der Waals surface area contributed by atoms with Crippen molar-refractivity contribution in [3.05, 3.63) is 47.1 Å². The van der Waals surface area contributed by atoms with Crippen molar-refractivity contribution in [3.63, 3.8) is 0 Å². The number of rotatable bonds is 4. The lowest BCUT2D eigenvalue weighted by Gasteiger charge is -2.51. The summed E-state index contributed by atoms with van der Waals surface area (Å²) in [4.78, 5) is 14.4. The Balaban J connectivity index is 1.25. The second-order valence-electron chi connectivity index (χ2n) is 17.4. The Labute approximate surface area is 325 Å². The number of allylic oxidation sites excluding steroid dienone is 2. The van der Waals surface area contributed by atoms with Crippen LogP contribution in [-0.4, -0.2) is 107 Å². The van der Waals surface area contributed by atoms with Crippen LogP contribution < -0.4 is 0 Å².